The van der Waals surface area contributed by atoms with Crippen LogP contribution in [-0.4, -0.2) is 60.8 Å². The smallest absolute Gasteiger partial charge is 0.449 e. The van der Waals surface area contributed by atoms with Crippen molar-refractivity contribution in [1.29, 1.82) is 0 Å². The largest absolute Gasteiger partial charge is 0.471 e. The van der Waals surface area contributed by atoms with Gasteiger partial charge < -0.3 is 14.5 Å². The summed E-state index contributed by atoms with van der Waals surface area (Å²) >= 11 is 0. The van der Waals surface area contributed by atoms with Gasteiger partial charge in [-0.05, 0) is 6.42 Å². The Morgan fingerprint density at radius 3 is 2.11 bits per heavy atom. The van der Waals surface area contributed by atoms with Crippen molar-refractivity contribution in [2.24, 2.45) is 0 Å². The number of ether oxygens (including phenoxy) is 1. The summed E-state index contributed by atoms with van der Waals surface area (Å²) in [6.07, 6.45) is -3.75. The summed E-state index contributed by atoms with van der Waals surface area (Å²) in [5.41, 5.74) is 0. The summed E-state index contributed by atoms with van der Waals surface area (Å²) in [6.45, 7) is 2.13. The van der Waals surface area contributed by atoms with E-state index in [4.69, 9.17) is 4.74 Å². The third kappa shape index (κ3) is 4.60. The second kappa shape index (κ2) is 6.63. The number of piperazine rings is 1. The van der Waals surface area contributed by atoms with Gasteiger partial charge in [0.2, 0.25) is 0 Å². The van der Waals surface area contributed by atoms with Crippen molar-refractivity contribution < 1.29 is 27.5 Å². The minimum Gasteiger partial charge on any atom is -0.449 e. The Labute approximate surface area is 109 Å². The average molecular weight is 282 g/mol. The number of carbonyl (C=O) groups is 2. The van der Waals surface area contributed by atoms with Crippen LogP contribution in [0.25, 0.3) is 0 Å². The first-order valence-electron chi connectivity index (χ1n) is 6.14. The number of alkyl halides is 3. The number of hydrogen-bond acceptors (Lipinski definition) is 3. The first kappa shape index (κ1) is 15.6. The summed E-state index contributed by atoms with van der Waals surface area (Å²) < 4.78 is 41.5. The minimum atomic E-state index is -4.86. The van der Waals surface area contributed by atoms with Crippen LogP contribution in [0, 0.1) is 0 Å². The number of rotatable bonds is 3. The van der Waals surface area contributed by atoms with E-state index >= 15 is 0 Å². The van der Waals surface area contributed by atoms with Crippen LogP contribution in [0.4, 0.5) is 18.0 Å². The number of carbonyl (C=O) groups excluding carboxylic acids is 2. The van der Waals surface area contributed by atoms with Crippen molar-refractivity contribution >= 4 is 12.0 Å². The topological polar surface area (TPSA) is 49.9 Å². The molecule has 0 aromatic carbocycles. The minimum absolute atomic E-state index is 0.0623. The SMILES string of the molecule is CCCCOC(=O)N1CCN(C(=O)C(F)(F)F)CC1. The van der Waals surface area contributed by atoms with Crippen LogP contribution in [0.1, 0.15) is 19.8 Å². The van der Waals surface area contributed by atoms with Crippen LogP contribution < -0.4 is 0 Å². The molecule has 1 rings (SSSR count). The average Bonchev–Trinajstić information content (AvgIpc) is 2.37. The van der Waals surface area contributed by atoms with E-state index in [0.29, 0.717) is 11.5 Å². The molecule has 5 nitrogen and oxygen atoms in total. The highest BCUT2D eigenvalue weighted by atomic mass is 19.4. The molecule has 1 heterocycles. The Bertz CT molecular complexity index is 326. The number of nitrogens with zero attached hydrogens (tertiary/aromatic N) is 2. The Kier molecular flexibility index (Phi) is 5.44. The molecule has 0 spiro atoms. The third-order valence-corrected chi connectivity index (χ3v) is 2.79. The molecule has 1 aliphatic heterocycles. The van der Waals surface area contributed by atoms with E-state index in [9.17, 15) is 22.8 Å². The first-order chi connectivity index (χ1) is 8.86. The number of hydrogen-bond donors (Lipinski definition) is 0. The Morgan fingerprint density at radius 2 is 1.63 bits per heavy atom. The second-order valence-corrected chi connectivity index (χ2v) is 4.24. The zero-order chi connectivity index (χ0) is 14.5. The highest BCUT2D eigenvalue weighted by molar-refractivity contribution is 5.82. The van der Waals surface area contributed by atoms with E-state index in [1.165, 1.54) is 4.90 Å². The van der Waals surface area contributed by atoms with Crippen molar-refractivity contribution in [2.75, 3.05) is 32.8 Å². The Morgan fingerprint density at radius 1 is 1.11 bits per heavy atom. The molecular weight excluding hydrogens is 265 g/mol. The van der Waals surface area contributed by atoms with Crippen molar-refractivity contribution in [3.8, 4) is 0 Å². The number of amides is 2. The highest BCUT2D eigenvalue weighted by Gasteiger charge is 2.43. The summed E-state index contributed by atoms with van der Waals surface area (Å²) in [5, 5.41) is 0. The molecule has 0 aromatic heterocycles. The fraction of sp³-hybridized carbons (Fsp3) is 0.818. The molecule has 1 fully saturated rings. The van der Waals surface area contributed by atoms with E-state index in [1.807, 2.05) is 6.92 Å². The van der Waals surface area contributed by atoms with Gasteiger partial charge in [-0.1, -0.05) is 13.3 Å². The Hall–Kier alpha value is -1.47. The van der Waals surface area contributed by atoms with E-state index < -0.39 is 18.2 Å². The molecule has 2 amide bonds. The second-order valence-electron chi connectivity index (χ2n) is 4.24. The summed E-state index contributed by atoms with van der Waals surface area (Å²) in [6, 6.07) is 0. The first-order valence-corrected chi connectivity index (χ1v) is 6.14. The molecule has 0 unspecified atom stereocenters. The zero-order valence-corrected chi connectivity index (χ0v) is 10.7. The van der Waals surface area contributed by atoms with Gasteiger partial charge in [-0.3, -0.25) is 4.79 Å². The van der Waals surface area contributed by atoms with Gasteiger partial charge in [0, 0.05) is 26.2 Å². The lowest BCUT2D eigenvalue weighted by atomic mass is 10.3. The fourth-order valence-corrected chi connectivity index (χ4v) is 1.67. The molecule has 8 heteroatoms. The monoisotopic (exact) mass is 282 g/mol. The van der Waals surface area contributed by atoms with Gasteiger partial charge in [0.15, 0.2) is 0 Å². The molecule has 0 aliphatic carbocycles. The molecule has 0 N–H and O–H groups in total. The van der Waals surface area contributed by atoms with Crippen LogP contribution in [0.3, 0.4) is 0 Å². The van der Waals surface area contributed by atoms with Gasteiger partial charge in [0.05, 0.1) is 6.61 Å². The standard InChI is InChI=1S/C11H17F3N2O3/c1-2-3-8-19-10(18)16-6-4-15(5-7-16)9(17)11(12,13)14/h2-8H2,1H3. The van der Waals surface area contributed by atoms with Gasteiger partial charge in [-0.2, -0.15) is 13.2 Å². The van der Waals surface area contributed by atoms with Crippen LogP contribution in [-0.2, 0) is 9.53 Å². The van der Waals surface area contributed by atoms with E-state index in [1.54, 1.807) is 0 Å². The molecule has 0 radical (unpaired) electrons. The van der Waals surface area contributed by atoms with Gasteiger partial charge >= 0.3 is 18.2 Å². The molecule has 0 bridgehead atoms. The predicted molar refractivity (Wildman–Crippen MR) is 60.5 cm³/mol. The van der Waals surface area contributed by atoms with Crippen LogP contribution in [0.15, 0.2) is 0 Å². The quantitative estimate of drug-likeness (QED) is 0.739. The highest BCUT2D eigenvalue weighted by Crippen LogP contribution is 2.19. The van der Waals surface area contributed by atoms with Crippen molar-refractivity contribution in [1.82, 2.24) is 9.80 Å². The lowest BCUT2D eigenvalue weighted by Gasteiger charge is -2.34. The van der Waals surface area contributed by atoms with Crippen molar-refractivity contribution in [3.63, 3.8) is 0 Å². The molecule has 1 aliphatic rings. The van der Waals surface area contributed by atoms with Gasteiger partial charge in [0.1, 0.15) is 0 Å². The van der Waals surface area contributed by atoms with Gasteiger partial charge in [-0.15, -0.1) is 0 Å². The Balaban J connectivity index is 2.36. The van der Waals surface area contributed by atoms with Gasteiger partial charge in [0.25, 0.3) is 0 Å². The van der Waals surface area contributed by atoms with Crippen molar-refractivity contribution in [2.45, 2.75) is 25.9 Å². The molecule has 0 saturated carbocycles. The van der Waals surface area contributed by atoms with Crippen LogP contribution in [0.5, 0.6) is 0 Å². The summed E-state index contributed by atoms with van der Waals surface area (Å²) in [5.74, 6) is -1.86. The summed E-state index contributed by atoms with van der Waals surface area (Å²) in [4.78, 5) is 24.5. The molecule has 1 saturated heterocycles. The lowest BCUT2D eigenvalue weighted by Crippen LogP contribution is -2.53. The predicted octanol–water partition coefficient (Wildman–Crippen LogP) is 1.63. The van der Waals surface area contributed by atoms with Crippen LogP contribution >= 0.6 is 0 Å². The molecular formula is C11H17F3N2O3. The lowest BCUT2D eigenvalue weighted by molar-refractivity contribution is -0.186. The van der Waals surface area contributed by atoms with Crippen LogP contribution in [0.2, 0.25) is 0 Å². The number of unbranched alkanes of at least 4 members (excludes halogenated alkanes) is 1. The third-order valence-electron chi connectivity index (χ3n) is 2.79. The number of halogens is 3. The maximum Gasteiger partial charge on any atom is 0.471 e. The summed E-state index contributed by atoms with van der Waals surface area (Å²) in [7, 11) is 0. The van der Waals surface area contributed by atoms with Gasteiger partial charge in [-0.25, -0.2) is 4.79 Å². The normalized spacial score (nSPS) is 16.4. The van der Waals surface area contributed by atoms with E-state index in [2.05, 4.69) is 0 Å². The molecule has 0 aromatic rings. The van der Waals surface area contributed by atoms with E-state index in [0.717, 1.165) is 12.8 Å². The van der Waals surface area contributed by atoms with E-state index in [-0.39, 0.29) is 26.2 Å². The molecule has 110 valence electrons. The van der Waals surface area contributed by atoms with Crippen molar-refractivity contribution in [3.05, 3.63) is 0 Å². The maximum atomic E-state index is 12.2. The zero-order valence-electron chi connectivity index (χ0n) is 10.7. The fourth-order valence-electron chi connectivity index (χ4n) is 1.67. The molecule has 19 heavy (non-hydrogen) atoms. The molecule has 0 atom stereocenters. The maximum absolute atomic E-state index is 12.2.